The third-order valence-electron chi connectivity index (χ3n) is 3.62. The molecule has 1 aliphatic carbocycles. The van der Waals surface area contributed by atoms with Gasteiger partial charge in [-0.05, 0) is 0 Å². The van der Waals surface area contributed by atoms with Gasteiger partial charge in [-0.2, -0.15) is 188 Å². The zero-order chi connectivity index (χ0) is 24.7. The standard InChI is InChI=1S/5C6H5.C5H5.ClH.Lu/c5*1-2-4-6-5-3-1;1-2-4-5-3-1;;/h5*1-5H;1-3H,4H2;1H;/q6*-1;;. The minimum Gasteiger partial charge on any atom is -0.273 e. The Labute approximate surface area is 260 Å². The van der Waals surface area contributed by atoms with Crippen LogP contribution >= 0.6 is 12.4 Å². The summed E-state index contributed by atoms with van der Waals surface area (Å²) in [5.74, 6) is 0. The second kappa shape index (κ2) is 33.1. The van der Waals surface area contributed by atoms with Crippen LogP contribution in [0.2, 0.25) is 0 Å². The van der Waals surface area contributed by atoms with Gasteiger partial charge in [-0.25, -0.2) is 12.2 Å². The van der Waals surface area contributed by atoms with Crippen LogP contribution in [0.1, 0.15) is 6.42 Å². The first-order valence-electron chi connectivity index (χ1n) is 11.3. The van der Waals surface area contributed by atoms with E-state index in [1.165, 1.54) is 0 Å². The van der Waals surface area contributed by atoms with E-state index in [0.717, 1.165) is 6.42 Å². The molecule has 0 nitrogen and oxygen atoms in total. The fourth-order valence-corrected chi connectivity index (χ4v) is 2.05. The van der Waals surface area contributed by atoms with Crippen molar-refractivity contribution in [3.63, 3.8) is 0 Å². The van der Waals surface area contributed by atoms with Crippen LogP contribution < -0.4 is 0 Å². The molecular formula is C35H31ClLu-6. The molecule has 2 heteroatoms. The average molecular weight is 662 g/mol. The van der Waals surface area contributed by atoms with Crippen molar-refractivity contribution in [2.45, 2.75) is 6.42 Å². The predicted octanol–water partition coefficient (Wildman–Crippen LogP) is 9.16. The number of hydrogen-bond donors (Lipinski definition) is 0. The van der Waals surface area contributed by atoms with Crippen LogP contribution in [0.5, 0.6) is 0 Å². The van der Waals surface area contributed by atoms with Gasteiger partial charge in [0, 0.05) is 36.9 Å². The number of allylic oxidation sites excluding steroid dienone is 4. The summed E-state index contributed by atoms with van der Waals surface area (Å²) < 4.78 is 0. The number of hydrogen-bond acceptors (Lipinski definition) is 0. The molecule has 1 aliphatic rings. The Kier molecular flexibility index (Phi) is 32.4. The molecule has 199 valence electrons. The van der Waals surface area contributed by atoms with Gasteiger partial charge in [0.2, 0.25) is 0 Å². The van der Waals surface area contributed by atoms with Gasteiger partial charge in [0.15, 0.2) is 0 Å². The third kappa shape index (κ3) is 31.1. The molecule has 0 saturated heterocycles. The zero-order valence-corrected chi connectivity index (χ0v) is 23.0. The summed E-state index contributed by atoms with van der Waals surface area (Å²) in [6.45, 7) is 0. The molecule has 6 rings (SSSR count). The van der Waals surface area contributed by atoms with E-state index < -0.39 is 0 Å². The van der Waals surface area contributed by atoms with E-state index in [0.29, 0.717) is 0 Å². The van der Waals surface area contributed by atoms with Gasteiger partial charge < -0.3 is 0 Å². The van der Waals surface area contributed by atoms with Gasteiger partial charge in [0.25, 0.3) is 0 Å². The molecular weight excluding hydrogens is 631 g/mol. The molecule has 0 fully saturated rings. The molecule has 0 unspecified atom stereocenters. The van der Waals surface area contributed by atoms with Crippen molar-refractivity contribution < 1.29 is 36.9 Å². The van der Waals surface area contributed by atoms with E-state index in [4.69, 9.17) is 0 Å². The summed E-state index contributed by atoms with van der Waals surface area (Å²) in [4.78, 5) is 0. The van der Waals surface area contributed by atoms with Crippen molar-refractivity contribution in [1.29, 1.82) is 0 Å². The Morgan fingerprint density at radius 3 is 0.649 bits per heavy atom. The summed E-state index contributed by atoms with van der Waals surface area (Å²) in [6, 6.07) is 62.5. The maximum absolute atomic E-state index is 2.99. The van der Waals surface area contributed by atoms with E-state index in [2.05, 4.69) is 42.5 Å². The number of benzene rings is 5. The van der Waals surface area contributed by atoms with Crippen molar-refractivity contribution in [1.82, 2.24) is 0 Å². The van der Waals surface area contributed by atoms with Gasteiger partial charge in [-0.15, -0.1) is 18.8 Å². The van der Waals surface area contributed by atoms with Crippen molar-refractivity contribution >= 4 is 12.4 Å². The van der Waals surface area contributed by atoms with Crippen LogP contribution in [-0.2, 0) is 0 Å². The topological polar surface area (TPSA) is 0 Å². The largest absolute Gasteiger partial charge is 0.273 e. The molecule has 5 aromatic carbocycles. The summed E-state index contributed by atoms with van der Waals surface area (Å²) in [5.41, 5.74) is 0. The minimum atomic E-state index is 0. The summed E-state index contributed by atoms with van der Waals surface area (Å²) in [6.07, 6.45) is 10.0. The van der Waals surface area contributed by atoms with Crippen LogP contribution in [-0.4, -0.2) is 0 Å². The summed E-state index contributed by atoms with van der Waals surface area (Å²) >= 11 is 0. The average Bonchev–Trinajstić information content (AvgIpc) is 3.60. The molecule has 0 spiro atoms. The first-order chi connectivity index (χ1) is 17.5. The molecule has 0 heterocycles. The Hall–Kier alpha value is -2.90. The van der Waals surface area contributed by atoms with Crippen LogP contribution in [0.15, 0.2) is 170 Å². The monoisotopic (exact) mass is 661 g/mol. The predicted molar refractivity (Wildman–Crippen MR) is 155 cm³/mol. The van der Waals surface area contributed by atoms with Crippen LogP contribution in [0.3, 0.4) is 0 Å². The third-order valence-corrected chi connectivity index (χ3v) is 3.62. The molecule has 0 aliphatic heterocycles. The second-order valence-corrected chi connectivity index (χ2v) is 6.39. The fraction of sp³-hybridized carbons (Fsp3) is 0.0286. The van der Waals surface area contributed by atoms with Gasteiger partial charge in [-0.1, -0.05) is 0 Å². The smallest absolute Gasteiger partial charge is 0 e. The quantitative estimate of drug-likeness (QED) is 0.145. The Bertz CT molecular complexity index is 710. The second-order valence-electron chi connectivity index (χ2n) is 6.39. The fourth-order valence-electron chi connectivity index (χ4n) is 2.05. The van der Waals surface area contributed by atoms with Crippen molar-refractivity contribution in [2.75, 3.05) is 0 Å². The van der Waals surface area contributed by atoms with Crippen LogP contribution in [0, 0.1) is 73.3 Å². The van der Waals surface area contributed by atoms with E-state index in [1.807, 2.05) is 164 Å². The SMILES string of the molecule is Cl.[C-]1=CC=CC1.[Lu].[c-]1ccccc1.[c-]1ccccc1.[c-]1ccccc1.[c-]1ccccc1.[c-]1ccccc1. The van der Waals surface area contributed by atoms with Crippen molar-refractivity contribution in [3.8, 4) is 0 Å². The van der Waals surface area contributed by atoms with Gasteiger partial charge in [0.1, 0.15) is 0 Å². The van der Waals surface area contributed by atoms with Crippen LogP contribution in [0.25, 0.3) is 0 Å². The molecule has 0 bridgehead atoms. The van der Waals surface area contributed by atoms with Gasteiger partial charge in [0.05, 0.1) is 0 Å². The Morgan fingerprint density at radius 2 is 0.595 bits per heavy atom. The summed E-state index contributed by atoms with van der Waals surface area (Å²) in [7, 11) is 0. The molecule has 5 aromatic rings. The van der Waals surface area contributed by atoms with Gasteiger partial charge >= 0.3 is 0 Å². The first-order valence-corrected chi connectivity index (χ1v) is 11.3. The number of rotatable bonds is 0. The van der Waals surface area contributed by atoms with Crippen LogP contribution in [0.4, 0.5) is 0 Å². The minimum absolute atomic E-state index is 0. The van der Waals surface area contributed by atoms with Crippen molar-refractivity contribution in [2.24, 2.45) is 0 Å². The zero-order valence-electron chi connectivity index (χ0n) is 20.5. The normalized spacial score (nSPS) is 8.86. The molecule has 37 heavy (non-hydrogen) atoms. The van der Waals surface area contributed by atoms with Gasteiger partial charge in [-0.3, -0.25) is 6.08 Å². The molecule has 0 amide bonds. The molecule has 0 aromatic heterocycles. The summed E-state index contributed by atoms with van der Waals surface area (Å²) in [5, 5.41) is 0. The molecule has 1 radical (unpaired) electrons. The maximum Gasteiger partial charge on any atom is 0 e. The van der Waals surface area contributed by atoms with E-state index >= 15 is 0 Å². The van der Waals surface area contributed by atoms with Crippen molar-refractivity contribution in [3.05, 3.63) is 206 Å². The maximum atomic E-state index is 2.99. The van der Waals surface area contributed by atoms with E-state index in [-0.39, 0.29) is 49.3 Å². The molecule has 0 atom stereocenters. The molecule has 0 saturated carbocycles. The number of halogens is 1. The van der Waals surface area contributed by atoms with E-state index in [9.17, 15) is 0 Å². The first kappa shape index (κ1) is 36.3. The van der Waals surface area contributed by atoms with E-state index in [1.54, 1.807) is 0 Å². The molecule has 0 N–H and O–H groups in total. The Balaban J connectivity index is 0. The Morgan fingerprint density at radius 1 is 0.351 bits per heavy atom.